The van der Waals surface area contributed by atoms with Crippen molar-refractivity contribution in [1.82, 2.24) is 0 Å². The predicted octanol–water partition coefficient (Wildman–Crippen LogP) is -1.25. The molecule has 0 aromatic heterocycles. The molecule has 0 aromatic rings. The molecular formula is C6H12N2O3. The van der Waals surface area contributed by atoms with E-state index in [1.807, 2.05) is 0 Å². The smallest absolute Gasteiger partial charge is 0.246 e. The van der Waals surface area contributed by atoms with Gasteiger partial charge in [-0.25, -0.2) is 0 Å². The second-order valence-electron chi connectivity index (χ2n) is 2.23. The minimum atomic E-state index is -0.780. The molecule has 0 heterocycles. The lowest BCUT2D eigenvalue weighted by Crippen LogP contribution is -2.37. The van der Waals surface area contributed by atoms with Gasteiger partial charge in [0.2, 0.25) is 11.8 Å². The van der Waals surface area contributed by atoms with E-state index in [-0.39, 0.29) is 0 Å². The van der Waals surface area contributed by atoms with Crippen molar-refractivity contribution >= 4 is 11.8 Å². The van der Waals surface area contributed by atoms with Gasteiger partial charge in [-0.2, -0.15) is 0 Å². The lowest BCUT2D eigenvalue weighted by Gasteiger charge is -2.12. The zero-order valence-electron chi connectivity index (χ0n) is 6.53. The Hall–Kier alpha value is -1.10. The highest BCUT2D eigenvalue weighted by molar-refractivity contribution is 5.81. The Bertz CT molecular complexity index is 151. The van der Waals surface area contributed by atoms with Crippen molar-refractivity contribution in [1.29, 1.82) is 0 Å². The van der Waals surface area contributed by atoms with Crippen LogP contribution in [-0.4, -0.2) is 24.0 Å². The van der Waals surface area contributed by atoms with E-state index in [0.717, 1.165) is 0 Å². The minimum absolute atomic E-state index is 0.613. The van der Waals surface area contributed by atoms with E-state index in [0.29, 0.717) is 0 Å². The molecule has 2 amide bonds. The van der Waals surface area contributed by atoms with Gasteiger partial charge in [0.15, 0.2) is 0 Å². The molecule has 0 aliphatic carbocycles. The third-order valence-corrected chi connectivity index (χ3v) is 1.21. The molecule has 0 aliphatic heterocycles. The number of hydrogen-bond acceptors (Lipinski definition) is 3. The Morgan fingerprint density at radius 3 is 1.55 bits per heavy atom. The third kappa shape index (κ3) is 3.57. The standard InChI is InChI=1S/C6H12N2O3/c1-3(5(7)9)11-4(2)6(8)10/h3-4H,1-2H3,(H2,7,9)(H2,8,10). The highest BCUT2D eigenvalue weighted by atomic mass is 16.5. The molecule has 0 spiro atoms. The first-order chi connectivity index (χ1) is 4.95. The zero-order chi connectivity index (χ0) is 9.02. The van der Waals surface area contributed by atoms with Crippen LogP contribution in [0.1, 0.15) is 13.8 Å². The van der Waals surface area contributed by atoms with Crippen LogP contribution in [0.2, 0.25) is 0 Å². The van der Waals surface area contributed by atoms with E-state index in [1.54, 1.807) is 0 Å². The van der Waals surface area contributed by atoms with E-state index in [2.05, 4.69) is 0 Å². The van der Waals surface area contributed by atoms with Gasteiger partial charge in [0, 0.05) is 0 Å². The highest BCUT2D eigenvalue weighted by Crippen LogP contribution is 1.95. The Labute approximate surface area is 64.7 Å². The number of hydrogen-bond donors (Lipinski definition) is 2. The lowest BCUT2D eigenvalue weighted by molar-refractivity contribution is -0.139. The van der Waals surface area contributed by atoms with Gasteiger partial charge in [-0.15, -0.1) is 0 Å². The van der Waals surface area contributed by atoms with E-state index < -0.39 is 24.0 Å². The van der Waals surface area contributed by atoms with Gasteiger partial charge in [0.05, 0.1) is 0 Å². The van der Waals surface area contributed by atoms with E-state index in [9.17, 15) is 9.59 Å². The van der Waals surface area contributed by atoms with Crippen LogP contribution in [-0.2, 0) is 14.3 Å². The summed E-state index contributed by atoms with van der Waals surface area (Å²) in [5, 5.41) is 0. The van der Waals surface area contributed by atoms with E-state index in [4.69, 9.17) is 16.2 Å². The monoisotopic (exact) mass is 160 g/mol. The number of amides is 2. The zero-order valence-corrected chi connectivity index (χ0v) is 6.53. The number of carbonyl (C=O) groups excluding carboxylic acids is 2. The molecule has 4 N–H and O–H groups in total. The molecule has 0 saturated heterocycles. The molecule has 0 radical (unpaired) electrons. The average Bonchev–Trinajstić information content (AvgIpc) is 1.87. The second kappa shape index (κ2) is 3.92. The van der Waals surface area contributed by atoms with Gasteiger partial charge in [-0.05, 0) is 13.8 Å². The van der Waals surface area contributed by atoms with Gasteiger partial charge in [-0.1, -0.05) is 0 Å². The van der Waals surface area contributed by atoms with Gasteiger partial charge in [0.25, 0.3) is 0 Å². The molecule has 2 atom stereocenters. The molecule has 5 nitrogen and oxygen atoms in total. The summed E-state index contributed by atoms with van der Waals surface area (Å²) in [7, 11) is 0. The number of nitrogens with two attached hydrogens (primary N) is 2. The predicted molar refractivity (Wildman–Crippen MR) is 38.4 cm³/mol. The fraction of sp³-hybridized carbons (Fsp3) is 0.667. The summed E-state index contributed by atoms with van der Waals surface area (Å²) >= 11 is 0. The first kappa shape index (κ1) is 9.90. The Balaban J connectivity index is 3.84. The summed E-state index contributed by atoms with van der Waals surface area (Å²) in [5.41, 5.74) is 9.74. The number of rotatable bonds is 4. The van der Waals surface area contributed by atoms with Crippen molar-refractivity contribution in [2.24, 2.45) is 11.5 Å². The maximum absolute atomic E-state index is 10.4. The van der Waals surface area contributed by atoms with Crippen molar-refractivity contribution in [3.63, 3.8) is 0 Å². The summed E-state index contributed by atoms with van der Waals surface area (Å²) in [5.74, 6) is -1.23. The summed E-state index contributed by atoms with van der Waals surface area (Å²) in [6.45, 7) is 2.92. The first-order valence-electron chi connectivity index (χ1n) is 3.19. The van der Waals surface area contributed by atoms with Gasteiger partial charge < -0.3 is 16.2 Å². The Morgan fingerprint density at radius 1 is 1.09 bits per heavy atom. The van der Waals surface area contributed by atoms with Gasteiger partial charge in [0.1, 0.15) is 12.2 Å². The molecule has 2 unspecified atom stereocenters. The van der Waals surface area contributed by atoms with Crippen molar-refractivity contribution < 1.29 is 14.3 Å². The van der Waals surface area contributed by atoms with E-state index >= 15 is 0 Å². The molecule has 0 saturated carbocycles. The fourth-order valence-electron chi connectivity index (χ4n) is 0.440. The number of ether oxygens (including phenoxy) is 1. The Morgan fingerprint density at radius 2 is 1.36 bits per heavy atom. The Kier molecular flexibility index (Phi) is 3.53. The molecule has 0 bridgehead atoms. The highest BCUT2D eigenvalue weighted by Gasteiger charge is 2.16. The fourth-order valence-corrected chi connectivity index (χ4v) is 0.440. The summed E-state index contributed by atoms with van der Waals surface area (Å²) < 4.78 is 4.82. The van der Waals surface area contributed by atoms with Crippen molar-refractivity contribution in [3.05, 3.63) is 0 Å². The molecular weight excluding hydrogens is 148 g/mol. The van der Waals surface area contributed by atoms with Crippen molar-refractivity contribution in [2.45, 2.75) is 26.1 Å². The van der Waals surface area contributed by atoms with Gasteiger partial charge >= 0.3 is 0 Å². The van der Waals surface area contributed by atoms with Crippen LogP contribution in [0.25, 0.3) is 0 Å². The lowest BCUT2D eigenvalue weighted by atomic mass is 10.3. The van der Waals surface area contributed by atoms with Crippen LogP contribution in [0.3, 0.4) is 0 Å². The maximum Gasteiger partial charge on any atom is 0.246 e. The quantitative estimate of drug-likeness (QED) is 0.538. The first-order valence-corrected chi connectivity index (χ1v) is 3.19. The summed E-state index contributed by atoms with van der Waals surface area (Å²) in [6.07, 6.45) is -1.56. The molecule has 64 valence electrons. The molecule has 0 aliphatic rings. The largest absolute Gasteiger partial charge is 0.367 e. The topological polar surface area (TPSA) is 95.4 Å². The van der Waals surface area contributed by atoms with Crippen LogP contribution in [0.15, 0.2) is 0 Å². The van der Waals surface area contributed by atoms with Crippen LogP contribution >= 0.6 is 0 Å². The molecule has 11 heavy (non-hydrogen) atoms. The van der Waals surface area contributed by atoms with E-state index in [1.165, 1.54) is 13.8 Å². The normalized spacial score (nSPS) is 15.5. The van der Waals surface area contributed by atoms with Crippen LogP contribution in [0, 0.1) is 0 Å². The van der Waals surface area contributed by atoms with Crippen molar-refractivity contribution in [2.75, 3.05) is 0 Å². The SMILES string of the molecule is CC(OC(C)C(N)=O)C(N)=O. The van der Waals surface area contributed by atoms with Crippen LogP contribution < -0.4 is 11.5 Å². The maximum atomic E-state index is 10.4. The third-order valence-electron chi connectivity index (χ3n) is 1.21. The molecule has 0 aromatic carbocycles. The van der Waals surface area contributed by atoms with Gasteiger partial charge in [-0.3, -0.25) is 9.59 Å². The summed E-state index contributed by atoms with van der Waals surface area (Å²) in [4.78, 5) is 20.8. The molecule has 0 fully saturated rings. The average molecular weight is 160 g/mol. The van der Waals surface area contributed by atoms with Crippen LogP contribution in [0.4, 0.5) is 0 Å². The minimum Gasteiger partial charge on any atom is -0.367 e. The second-order valence-corrected chi connectivity index (χ2v) is 2.23. The van der Waals surface area contributed by atoms with Crippen molar-refractivity contribution in [3.8, 4) is 0 Å². The molecule has 5 heteroatoms. The number of primary amides is 2. The summed E-state index contributed by atoms with van der Waals surface area (Å²) in [6, 6.07) is 0. The van der Waals surface area contributed by atoms with Crippen LogP contribution in [0.5, 0.6) is 0 Å². The number of carbonyl (C=O) groups is 2. The molecule has 0 rings (SSSR count).